The van der Waals surface area contributed by atoms with E-state index in [9.17, 15) is 8.42 Å². The van der Waals surface area contributed by atoms with Crippen molar-refractivity contribution < 1.29 is 13.2 Å². The van der Waals surface area contributed by atoms with Crippen LogP contribution in [-0.4, -0.2) is 44.0 Å². The molecular weight excluding hydrogens is 372 g/mol. The maximum atomic E-state index is 13.2. The van der Waals surface area contributed by atoms with Crippen LogP contribution in [0.5, 0.6) is 5.75 Å². The van der Waals surface area contributed by atoms with Gasteiger partial charge in [0, 0.05) is 18.9 Å². The number of aryl methyl sites for hydroxylation is 1. The Kier molecular flexibility index (Phi) is 6.42. The molecule has 2 aromatic heterocycles. The number of benzene rings is 1. The highest BCUT2D eigenvalue weighted by molar-refractivity contribution is 7.91. The summed E-state index contributed by atoms with van der Waals surface area (Å²) in [5.41, 5.74) is 1.43. The molecule has 1 aromatic carbocycles. The first-order valence-electron chi connectivity index (χ1n) is 9.74. The zero-order valence-electron chi connectivity index (χ0n) is 16.8. The molecule has 0 amide bonds. The Morgan fingerprint density at radius 3 is 2.43 bits per heavy atom. The topological polar surface area (TPSA) is 51.0 Å². The van der Waals surface area contributed by atoms with E-state index in [1.807, 2.05) is 41.9 Å². The minimum absolute atomic E-state index is 0.281. The minimum atomic E-state index is -3.60. The molecule has 0 aliphatic rings. The molecule has 5 nitrogen and oxygen atoms in total. The third-order valence-corrected chi connectivity index (χ3v) is 6.96. The van der Waals surface area contributed by atoms with Gasteiger partial charge in [-0.05, 0) is 68.4 Å². The predicted molar refractivity (Wildman–Crippen MR) is 112 cm³/mol. The van der Waals surface area contributed by atoms with Gasteiger partial charge in [-0.3, -0.25) is 0 Å². The zero-order valence-corrected chi connectivity index (χ0v) is 17.6. The van der Waals surface area contributed by atoms with E-state index < -0.39 is 9.84 Å². The molecule has 3 rings (SSSR count). The highest BCUT2D eigenvalue weighted by Crippen LogP contribution is 2.30. The van der Waals surface area contributed by atoms with Gasteiger partial charge in [-0.1, -0.05) is 19.9 Å². The fraction of sp³-hybridized carbons (Fsp3) is 0.364. The molecule has 0 saturated heterocycles. The molecule has 0 atom stereocenters. The Hall–Kier alpha value is -2.31. The van der Waals surface area contributed by atoms with Gasteiger partial charge in [0.1, 0.15) is 10.6 Å². The van der Waals surface area contributed by atoms with E-state index >= 15 is 0 Å². The maximum absolute atomic E-state index is 13.2. The van der Waals surface area contributed by atoms with Crippen molar-refractivity contribution in [2.75, 3.05) is 26.2 Å². The molecule has 28 heavy (non-hydrogen) atoms. The lowest BCUT2D eigenvalue weighted by Crippen LogP contribution is -2.25. The van der Waals surface area contributed by atoms with Crippen molar-refractivity contribution in [3.05, 3.63) is 60.4 Å². The number of fused-ring (bicyclic) bond motifs is 1. The van der Waals surface area contributed by atoms with Gasteiger partial charge in [0.25, 0.3) is 0 Å². The normalized spacial score (nSPS) is 12.0. The van der Waals surface area contributed by atoms with Crippen molar-refractivity contribution in [2.45, 2.75) is 37.0 Å². The lowest BCUT2D eigenvalue weighted by atomic mass is 10.3. The summed E-state index contributed by atoms with van der Waals surface area (Å²) in [6, 6.07) is 12.3. The van der Waals surface area contributed by atoms with E-state index in [0.717, 1.165) is 31.6 Å². The predicted octanol–water partition coefficient (Wildman–Crippen LogP) is 4.19. The fourth-order valence-corrected chi connectivity index (χ4v) is 5.09. The second-order valence-electron chi connectivity index (χ2n) is 6.84. The van der Waals surface area contributed by atoms with E-state index in [1.165, 1.54) is 0 Å². The van der Waals surface area contributed by atoms with Gasteiger partial charge in [-0.25, -0.2) is 8.42 Å². The molecule has 0 fully saturated rings. The van der Waals surface area contributed by atoms with Crippen LogP contribution in [0.1, 0.15) is 25.8 Å². The van der Waals surface area contributed by atoms with Crippen LogP contribution in [0.2, 0.25) is 0 Å². The SMILES string of the molecule is CCN(CC)CCCOc1ccc(S(=O)(=O)c2c(C)cn3ccccc23)cc1. The van der Waals surface area contributed by atoms with Gasteiger partial charge in [-0.2, -0.15) is 0 Å². The minimum Gasteiger partial charge on any atom is -0.494 e. The second kappa shape index (κ2) is 8.80. The summed E-state index contributed by atoms with van der Waals surface area (Å²) in [7, 11) is -3.60. The van der Waals surface area contributed by atoms with Crippen LogP contribution in [0.25, 0.3) is 5.52 Å². The molecular formula is C22H28N2O3S. The number of nitrogens with zero attached hydrogens (tertiary/aromatic N) is 2. The van der Waals surface area contributed by atoms with Gasteiger partial charge in [0.15, 0.2) is 0 Å². The molecule has 3 aromatic rings. The van der Waals surface area contributed by atoms with E-state index in [4.69, 9.17) is 4.74 Å². The number of rotatable bonds is 9. The number of hydrogen-bond donors (Lipinski definition) is 0. The quantitative estimate of drug-likeness (QED) is 0.505. The van der Waals surface area contributed by atoms with Crippen molar-refractivity contribution in [1.29, 1.82) is 0 Å². The highest BCUT2D eigenvalue weighted by Gasteiger charge is 2.24. The van der Waals surface area contributed by atoms with Crippen LogP contribution < -0.4 is 4.74 Å². The van der Waals surface area contributed by atoms with Crippen LogP contribution in [0.4, 0.5) is 0 Å². The summed E-state index contributed by atoms with van der Waals surface area (Å²) in [5, 5.41) is 0. The number of sulfone groups is 1. The van der Waals surface area contributed by atoms with Crippen molar-refractivity contribution in [2.24, 2.45) is 0 Å². The Balaban J connectivity index is 1.73. The maximum Gasteiger partial charge on any atom is 0.208 e. The van der Waals surface area contributed by atoms with Crippen LogP contribution in [-0.2, 0) is 9.84 Å². The Bertz CT molecular complexity index is 1020. The summed E-state index contributed by atoms with van der Waals surface area (Å²) < 4.78 is 34.0. The third-order valence-electron chi connectivity index (χ3n) is 5.00. The fourth-order valence-electron chi connectivity index (χ4n) is 3.43. The second-order valence-corrected chi connectivity index (χ2v) is 8.72. The van der Waals surface area contributed by atoms with Crippen LogP contribution in [0, 0.1) is 6.92 Å². The average molecular weight is 401 g/mol. The average Bonchev–Trinajstić information content (AvgIpc) is 3.05. The summed E-state index contributed by atoms with van der Waals surface area (Å²) in [6.07, 6.45) is 4.64. The van der Waals surface area contributed by atoms with Gasteiger partial charge >= 0.3 is 0 Å². The third kappa shape index (κ3) is 4.23. The first-order valence-corrected chi connectivity index (χ1v) is 11.2. The molecule has 2 heterocycles. The van der Waals surface area contributed by atoms with Crippen molar-refractivity contribution in [3.63, 3.8) is 0 Å². The molecule has 0 saturated carbocycles. The van der Waals surface area contributed by atoms with Crippen LogP contribution in [0.15, 0.2) is 64.6 Å². The Labute approximate surface area is 167 Å². The number of aromatic nitrogens is 1. The number of pyridine rings is 1. The number of hydrogen-bond acceptors (Lipinski definition) is 4. The van der Waals surface area contributed by atoms with Gasteiger partial charge in [0.05, 0.1) is 17.0 Å². The Morgan fingerprint density at radius 1 is 1.04 bits per heavy atom. The van der Waals surface area contributed by atoms with Crippen molar-refractivity contribution in [3.8, 4) is 5.75 Å². The largest absolute Gasteiger partial charge is 0.494 e. The summed E-state index contributed by atoms with van der Waals surface area (Å²) >= 11 is 0. The van der Waals surface area contributed by atoms with E-state index in [1.54, 1.807) is 24.3 Å². The number of ether oxygens (including phenoxy) is 1. The van der Waals surface area contributed by atoms with E-state index in [2.05, 4.69) is 18.7 Å². The van der Waals surface area contributed by atoms with Gasteiger partial charge in [0.2, 0.25) is 9.84 Å². The molecule has 0 radical (unpaired) electrons. The Morgan fingerprint density at radius 2 is 1.75 bits per heavy atom. The zero-order chi connectivity index (χ0) is 20.1. The van der Waals surface area contributed by atoms with Gasteiger partial charge < -0.3 is 14.0 Å². The molecule has 6 heteroatoms. The molecule has 150 valence electrons. The first-order chi connectivity index (χ1) is 13.5. The lowest BCUT2D eigenvalue weighted by Gasteiger charge is -2.17. The molecule has 0 bridgehead atoms. The molecule has 0 aliphatic carbocycles. The summed E-state index contributed by atoms with van der Waals surface area (Å²) in [6.45, 7) is 9.83. The summed E-state index contributed by atoms with van der Waals surface area (Å²) in [5.74, 6) is 0.692. The smallest absolute Gasteiger partial charge is 0.208 e. The first kappa shape index (κ1) is 20.4. The monoisotopic (exact) mass is 400 g/mol. The van der Waals surface area contributed by atoms with Gasteiger partial charge in [-0.15, -0.1) is 0 Å². The van der Waals surface area contributed by atoms with Crippen molar-refractivity contribution in [1.82, 2.24) is 9.30 Å². The van der Waals surface area contributed by atoms with Crippen molar-refractivity contribution >= 4 is 15.4 Å². The molecule has 0 spiro atoms. The highest BCUT2D eigenvalue weighted by atomic mass is 32.2. The molecule has 0 aliphatic heterocycles. The molecule has 0 N–H and O–H groups in total. The van der Waals surface area contributed by atoms with E-state index in [-0.39, 0.29) is 4.90 Å². The standard InChI is InChI=1S/C22H28N2O3S/c1-4-23(5-2)14-8-16-27-19-10-12-20(13-11-19)28(25,26)22-18(3)17-24-15-7-6-9-21(22)24/h6-7,9-13,15,17H,4-5,8,14,16H2,1-3H3. The summed E-state index contributed by atoms with van der Waals surface area (Å²) in [4.78, 5) is 2.99. The van der Waals surface area contributed by atoms with Crippen LogP contribution in [0.3, 0.4) is 0 Å². The van der Waals surface area contributed by atoms with Crippen LogP contribution >= 0.6 is 0 Å². The van der Waals surface area contributed by atoms with E-state index in [0.29, 0.717) is 22.8 Å². The molecule has 0 unspecified atom stereocenters. The lowest BCUT2D eigenvalue weighted by molar-refractivity contribution is 0.249.